The third kappa shape index (κ3) is 3.67. The normalized spacial score (nSPS) is 10.3. The van der Waals surface area contributed by atoms with Crippen LogP contribution in [0.4, 0.5) is 0 Å². The van der Waals surface area contributed by atoms with Crippen LogP contribution in [0.5, 0.6) is 0 Å². The van der Waals surface area contributed by atoms with E-state index in [1.165, 1.54) is 15.5 Å². The standard InChI is InChI=1S/C13H18N2O4/c1-9-6-7-10(13(18)19)12(17)15(9)8-4-5-11(16)14(2)3/h6-7H,4-5,8H2,1-3H3,(H,18,19). The van der Waals surface area contributed by atoms with Crippen LogP contribution < -0.4 is 5.56 Å². The molecule has 104 valence electrons. The SMILES string of the molecule is Cc1ccc(C(=O)O)c(=O)n1CCCC(=O)N(C)C. The third-order valence-corrected chi connectivity index (χ3v) is 2.89. The maximum absolute atomic E-state index is 11.9. The molecule has 19 heavy (non-hydrogen) atoms. The van der Waals surface area contributed by atoms with E-state index < -0.39 is 11.5 Å². The van der Waals surface area contributed by atoms with Crippen molar-refractivity contribution in [1.29, 1.82) is 0 Å². The molecule has 1 aromatic heterocycles. The number of nitrogens with zero attached hydrogens (tertiary/aromatic N) is 2. The van der Waals surface area contributed by atoms with E-state index in [2.05, 4.69) is 0 Å². The summed E-state index contributed by atoms with van der Waals surface area (Å²) in [5.41, 5.74) is -0.0818. The molecular formula is C13H18N2O4. The lowest BCUT2D eigenvalue weighted by Crippen LogP contribution is -2.28. The van der Waals surface area contributed by atoms with Crippen LogP contribution in [0.25, 0.3) is 0 Å². The minimum atomic E-state index is -1.23. The second-order valence-corrected chi connectivity index (χ2v) is 4.54. The van der Waals surface area contributed by atoms with Crippen molar-refractivity contribution in [2.24, 2.45) is 0 Å². The molecule has 0 unspecified atom stereocenters. The Bertz CT molecular complexity index is 546. The van der Waals surface area contributed by atoms with Gasteiger partial charge in [-0.15, -0.1) is 0 Å². The van der Waals surface area contributed by atoms with Gasteiger partial charge in [0.05, 0.1) is 0 Å². The molecule has 0 aromatic carbocycles. The lowest BCUT2D eigenvalue weighted by atomic mass is 10.2. The lowest BCUT2D eigenvalue weighted by molar-refractivity contribution is -0.128. The lowest BCUT2D eigenvalue weighted by Gasteiger charge is -2.12. The van der Waals surface area contributed by atoms with Crippen molar-refractivity contribution < 1.29 is 14.7 Å². The molecule has 0 aliphatic heterocycles. The first-order chi connectivity index (χ1) is 8.84. The molecule has 1 amide bonds. The molecular weight excluding hydrogens is 248 g/mol. The Hall–Kier alpha value is -2.11. The Balaban J connectivity index is 2.84. The number of amides is 1. The number of rotatable bonds is 5. The fraction of sp³-hybridized carbons (Fsp3) is 0.462. The summed E-state index contributed by atoms with van der Waals surface area (Å²) in [6, 6.07) is 2.90. The van der Waals surface area contributed by atoms with Crippen molar-refractivity contribution in [3.05, 3.63) is 33.7 Å². The molecule has 0 atom stereocenters. The Morgan fingerprint density at radius 3 is 2.47 bits per heavy atom. The number of carbonyl (C=O) groups is 2. The maximum Gasteiger partial charge on any atom is 0.341 e. The van der Waals surface area contributed by atoms with Crippen molar-refractivity contribution in [1.82, 2.24) is 9.47 Å². The average Bonchev–Trinajstić information content (AvgIpc) is 2.32. The van der Waals surface area contributed by atoms with Crippen LogP contribution in [0.15, 0.2) is 16.9 Å². The monoisotopic (exact) mass is 266 g/mol. The van der Waals surface area contributed by atoms with Gasteiger partial charge in [0.25, 0.3) is 5.56 Å². The third-order valence-electron chi connectivity index (χ3n) is 2.89. The van der Waals surface area contributed by atoms with Crippen LogP contribution in [0.3, 0.4) is 0 Å². The minimum absolute atomic E-state index is 0.0138. The number of hydrogen-bond donors (Lipinski definition) is 1. The number of aromatic nitrogens is 1. The Kier molecular flexibility index (Phi) is 4.86. The van der Waals surface area contributed by atoms with Gasteiger partial charge in [0, 0.05) is 32.8 Å². The average molecular weight is 266 g/mol. The largest absolute Gasteiger partial charge is 0.477 e. The van der Waals surface area contributed by atoms with Crippen LogP contribution in [0.1, 0.15) is 28.9 Å². The smallest absolute Gasteiger partial charge is 0.341 e. The molecule has 0 aliphatic rings. The number of carboxylic acids is 1. The highest BCUT2D eigenvalue weighted by Crippen LogP contribution is 2.02. The highest BCUT2D eigenvalue weighted by Gasteiger charge is 2.12. The van der Waals surface area contributed by atoms with Crippen molar-refractivity contribution in [3.8, 4) is 0 Å². The number of aryl methyl sites for hydroxylation is 1. The Morgan fingerprint density at radius 1 is 1.32 bits per heavy atom. The summed E-state index contributed by atoms with van der Waals surface area (Å²) in [6.07, 6.45) is 0.830. The van der Waals surface area contributed by atoms with E-state index in [-0.39, 0.29) is 11.5 Å². The van der Waals surface area contributed by atoms with E-state index in [0.717, 1.165) is 0 Å². The highest BCUT2D eigenvalue weighted by molar-refractivity contribution is 5.87. The second kappa shape index (κ2) is 6.17. The van der Waals surface area contributed by atoms with Crippen molar-refractivity contribution in [2.75, 3.05) is 14.1 Å². The summed E-state index contributed by atoms with van der Waals surface area (Å²) < 4.78 is 1.40. The predicted molar refractivity (Wildman–Crippen MR) is 70.3 cm³/mol. The van der Waals surface area contributed by atoms with Crippen molar-refractivity contribution >= 4 is 11.9 Å². The van der Waals surface area contributed by atoms with Crippen LogP contribution in [0, 0.1) is 6.92 Å². The second-order valence-electron chi connectivity index (χ2n) is 4.54. The summed E-state index contributed by atoms with van der Waals surface area (Å²) in [5, 5.41) is 8.89. The van der Waals surface area contributed by atoms with Gasteiger partial charge in [-0.05, 0) is 25.5 Å². The van der Waals surface area contributed by atoms with E-state index in [0.29, 0.717) is 25.1 Å². The van der Waals surface area contributed by atoms with E-state index in [4.69, 9.17) is 5.11 Å². The fourth-order valence-electron chi connectivity index (χ4n) is 1.72. The maximum atomic E-state index is 11.9. The fourth-order valence-corrected chi connectivity index (χ4v) is 1.72. The topological polar surface area (TPSA) is 79.6 Å². The molecule has 0 saturated heterocycles. The van der Waals surface area contributed by atoms with E-state index >= 15 is 0 Å². The molecule has 1 heterocycles. The summed E-state index contributed by atoms with van der Waals surface area (Å²) in [5.74, 6) is -1.25. The number of carbonyl (C=O) groups excluding carboxylic acids is 1. The molecule has 0 radical (unpaired) electrons. The first-order valence-electron chi connectivity index (χ1n) is 5.98. The summed E-state index contributed by atoms with van der Waals surface area (Å²) in [6.45, 7) is 2.08. The van der Waals surface area contributed by atoms with Gasteiger partial charge in [-0.2, -0.15) is 0 Å². The first kappa shape index (κ1) is 14.9. The zero-order valence-corrected chi connectivity index (χ0v) is 11.3. The van der Waals surface area contributed by atoms with Gasteiger partial charge in [0.15, 0.2) is 0 Å². The Morgan fingerprint density at radius 2 is 1.95 bits per heavy atom. The minimum Gasteiger partial charge on any atom is -0.477 e. The first-order valence-corrected chi connectivity index (χ1v) is 5.98. The van der Waals surface area contributed by atoms with Gasteiger partial charge in [0.2, 0.25) is 5.91 Å². The predicted octanol–water partition coefficient (Wildman–Crippen LogP) is 0.723. The van der Waals surface area contributed by atoms with Gasteiger partial charge < -0.3 is 14.6 Å². The number of hydrogen-bond acceptors (Lipinski definition) is 3. The molecule has 0 bridgehead atoms. The van der Waals surface area contributed by atoms with Gasteiger partial charge >= 0.3 is 5.97 Å². The van der Waals surface area contributed by atoms with Crippen molar-refractivity contribution in [2.45, 2.75) is 26.3 Å². The van der Waals surface area contributed by atoms with Gasteiger partial charge in [-0.1, -0.05) is 0 Å². The van der Waals surface area contributed by atoms with E-state index in [1.54, 1.807) is 27.1 Å². The van der Waals surface area contributed by atoms with E-state index in [1.807, 2.05) is 0 Å². The molecule has 6 heteroatoms. The van der Waals surface area contributed by atoms with E-state index in [9.17, 15) is 14.4 Å². The highest BCUT2D eigenvalue weighted by atomic mass is 16.4. The van der Waals surface area contributed by atoms with Gasteiger partial charge in [-0.3, -0.25) is 9.59 Å². The number of carboxylic acid groups (broad SMARTS) is 1. The van der Waals surface area contributed by atoms with Crippen LogP contribution in [-0.2, 0) is 11.3 Å². The molecule has 1 N–H and O–H groups in total. The van der Waals surface area contributed by atoms with Crippen LogP contribution in [-0.4, -0.2) is 40.5 Å². The quantitative estimate of drug-likeness (QED) is 0.851. The number of pyridine rings is 1. The van der Waals surface area contributed by atoms with Crippen LogP contribution >= 0.6 is 0 Å². The number of aromatic carboxylic acids is 1. The van der Waals surface area contributed by atoms with Gasteiger partial charge in [-0.25, -0.2) is 4.79 Å². The Labute approximate surface area is 111 Å². The zero-order chi connectivity index (χ0) is 14.6. The summed E-state index contributed by atoms with van der Waals surface area (Å²) in [7, 11) is 3.34. The summed E-state index contributed by atoms with van der Waals surface area (Å²) >= 11 is 0. The molecule has 6 nitrogen and oxygen atoms in total. The zero-order valence-electron chi connectivity index (χ0n) is 11.3. The van der Waals surface area contributed by atoms with Crippen molar-refractivity contribution in [3.63, 3.8) is 0 Å². The van der Waals surface area contributed by atoms with Gasteiger partial charge in [0.1, 0.15) is 5.56 Å². The molecule has 1 rings (SSSR count). The molecule has 1 aromatic rings. The van der Waals surface area contributed by atoms with Crippen LogP contribution in [0.2, 0.25) is 0 Å². The summed E-state index contributed by atoms with van der Waals surface area (Å²) in [4.78, 5) is 35.7. The molecule has 0 aliphatic carbocycles. The molecule has 0 spiro atoms. The molecule has 0 fully saturated rings. The molecule has 0 saturated carbocycles.